The molecule has 3 unspecified atom stereocenters. The largest absolute Gasteiger partial charge is 0.472 e. The average molecular weight is 413 g/mol. The first-order chi connectivity index (χ1) is 13.6. The van der Waals surface area contributed by atoms with Gasteiger partial charge in [0.1, 0.15) is 29.6 Å². The highest BCUT2D eigenvalue weighted by molar-refractivity contribution is 6.32. The summed E-state index contributed by atoms with van der Waals surface area (Å²) in [5.41, 5.74) is 1.31. The molecule has 2 aliphatic heterocycles. The highest BCUT2D eigenvalue weighted by Gasteiger charge is 2.31. The lowest BCUT2D eigenvalue weighted by atomic mass is 10.1. The van der Waals surface area contributed by atoms with Gasteiger partial charge < -0.3 is 24.8 Å². The first kappa shape index (κ1) is 19.2. The minimum atomic E-state index is -1.14. The standard InChI is InChI=1S/C17H22ClFN6O3/c1-9-14-16(24-25(9)13-3-4-27-8-12(13)19)28-7-10(26-2)5-20-15-11(18)6-21-17(22-14)23-15/h6,10,12-13H,3-5,7-8H2,1-2H3,(H2,20,21,22,23). The Hall–Kier alpha value is -2.17. The summed E-state index contributed by atoms with van der Waals surface area (Å²) in [6, 6.07) is -0.416. The molecular formula is C17H22ClFN6O3. The maximum atomic E-state index is 14.4. The van der Waals surface area contributed by atoms with Crippen LogP contribution in [0.2, 0.25) is 5.02 Å². The molecule has 0 radical (unpaired) electrons. The van der Waals surface area contributed by atoms with Crippen molar-refractivity contribution in [3.8, 4) is 5.88 Å². The monoisotopic (exact) mass is 412 g/mol. The van der Waals surface area contributed by atoms with Gasteiger partial charge in [-0.25, -0.2) is 9.37 Å². The van der Waals surface area contributed by atoms with Crippen LogP contribution < -0.4 is 15.4 Å². The first-order valence-electron chi connectivity index (χ1n) is 9.06. The number of aromatic nitrogens is 4. The molecule has 4 rings (SSSR count). The maximum absolute atomic E-state index is 14.4. The van der Waals surface area contributed by atoms with Gasteiger partial charge in [-0.15, -0.1) is 5.10 Å². The molecule has 152 valence electrons. The van der Waals surface area contributed by atoms with Gasteiger partial charge in [-0.05, 0) is 13.3 Å². The summed E-state index contributed by atoms with van der Waals surface area (Å²) in [4.78, 5) is 8.63. The lowest BCUT2D eigenvalue weighted by molar-refractivity contribution is -0.00122. The van der Waals surface area contributed by atoms with Crippen LogP contribution >= 0.6 is 11.6 Å². The molecule has 4 heterocycles. The van der Waals surface area contributed by atoms with Gasteiger partial charge in [-0.3, -0.25) is 4.68 Å². The number of alkyl halides is 1. The minimum absolute atomic E-state index is 0.0595. The molecule has 0 amide bonds. The van der Waals surface area contributed by atoms with E-state index in [-0.39, 0.29) is 19.3 Å². The number of halogens is 2. The molecule has 9 nitrogen and oxygen atoms in total. The number of ether oxygens (including phenoxy) is 3. The van der Waals surface area contributed by atoms with Gasteiger partial charge in [-0.2, -0.15) is 4.98 Å². The maximum Gasteiger partial charge on any atom is 0.257 e. The van der Waals surface area contributed by atoms with Crippen molar-refractivity contribution in [3.05, 3.63) is 16.9 Å². The van der Waals surface area contributed by atoms with Gasteiger partial charge in [0, 0.05) is 20.3 Å². The van der Waals surface area contributed by atoms with Crippen molar-refractivity contribution in [1.82, 2.24) is 19.7 Å². The van der Waals surface area contributed by atoms with Gasteiger partial charge in [0.05, 0.1) is 24.5 Å². The zero-order chi connectivity index (χ0) is 19.7. The highest BCUT2D eigenvalue weighted by atomic mass is 35.5. The number of hydrogen-bond acceptors (Lipinski definition) is 8. The van der Waals surface area contributed by atoms with Gasteiger partial charge in [-0.1, -0.05) is 11.6 Å². The first-order valence-corrected chi connectivity index (χ1v) is 9.44. The van der Waals surface area contributed by atoms with Crippen molar-refractivity contribution in [2.75, 3.05) is 44.1 Å². The lowest BCUT2D eigenvalue weighted by Crippen LogP contribution is -2.32. The van der Waals surface area contributed by atoms with E-state index in [1.54, 1.807) is 11.8 Å². The van der Waals surface area contributed by atoms with E-state index in [0.29, 0.717) is 47.9 Å². The Balaban J connectivity index is 1.74. The Kier molecular flexibility index (Phi) is 5.51. The van der Waals surface area contributed by atoms with E-state index >= 15 is 0 Å². The van der Waals surface area contributed by atoms with Gasteiger partial charge in [0.25, 0.3) is 5.88 Å². The summed E-state index contributed by atoms with van der Waals surface area (Å²) in [6.45, 7) is 3.10. The molecule has 2 aromatic rings. The fourth-order valence-corrected chi connectivity index (χ4v) is 3.44. The van der Waals surface area contributed by atoms with E-state index in [0.717, 1.165) is 5.69 Å². The Bertz CT molecular complexity index is 851. The molecule has 0 spiro atoms. The molecule has 2 bridgehead atoms. The number of anilines is 3. The quantitative estimate of drug-likeness (QED) is 0.776. The number of methoxy groups -OCH3 is 1. The third-order valence-electron chi connectivity index (χ3n) is 4.90. The second kappa shape index (κ2) is 8.06. The van der Waals surface area contributed by atoms with Gasteiger partial charge >= 0.3 is 0 Å². The van der Waals surface area contributed by atoms with E-state index in [1.807, 2.05) is 6.92 Å². The fourth-order valence-electron chi connectivity index (χ4n) is 3.28. The van der Waals surface area contributed by atoms with Crippen molar-refractivity contribution in [1.29, 1.82) is 0 Å². The fraction of sp³-hybridized carbons (Fsp3) is 0.588. The molecule has 0 saturated carbocycles. The van der Waals surface area contributed by atoms with Crippen molar-refractivity contribution in [2.45, 2.75) is 31.7 Å². The number of fused-ring (bicyclic) bond motifs is 3. The summed E-state index contributed by atoms with van der Waals surface area (Å²) < 4.78 is 32.7. The van der Waals surface area contributed by atoms with Crippen LogP contribution in [-0.2, 0) is 9.47 Å². The Morgan fingerprint density at radius 3 is 3.04 bits per heavy atom. The molecule has 0 aliphatic carbocycles. The summed E-state index contributed by atoms with van der Waals surface area (Å²) >= 11 is 6.18. The predicted octanol–water partition coefficient (Wildman–Crippen LogP) is 2.50. The summed E-state index contributed by atoms with van der Waals surface area (Å²) in [5.74, 6) is 1.17. The van der Waals surface area contributed by atoms with Crippen LogP contribution in [0.15, 0.2) is 6.20 Å². The zero-order valence-electron chi connectivity index (χ0n) is 15.6. The smallest absolute Gasteiger partial charge is 0.257 e. The Morgan fingerprint density at radius 1 is 1.39 bits per heavy atom. The molecule has 0 aromatic carbocycles. The lowest BCUT2D eigenvalue weighted by Gasteiger charge is -2.27. The Labute approximate surface area is 166 Å². The van der Waals surface area contributed by atoms with Gasteiger partial charge in [0.15, 0.2) is 5.82 Å². The zero-order valence-corrected chi connectivity index (χ0v) is 16.4. The number of nitrogens with one attached hydrogen (secondary N) is 2. The summed E-state index contributed by atoms with van der Waals surface area (Å²) in [6.07, 6.45) is 0.647. The van der Waals surface area contributed by atoms with Crippen molar-refractivity contribution in [3.63, 3.8) is 0 Å². The third-order valence-corrected chi connectivity index (χ3v) is 5.18. The third kappa shape index (κ3) is 3.71. The molecule has 2 aliphatic rings. The topological polar surface area (TPSA) is 95.4 Å². The number of hydrogen-bond donors (Lipinski definition) is 2. The van der Waals surface area contributed by atoms with Crippen LogP contribution in [0.4, 0.5) is 21.8 Å². The minimum Gasteiger partial charge on any atom is -0.472 e. The summed E-state index contributed by atoms with van der Waals surface area (Å²) in [5, 5.41) is 11.2. The van der Waals surface area contributed by atoms with E-state index in [9.17, 15) is 4.39 Å². The molecule has 2 aromatic heterocycles. The summed E-state index contributed by atoms with van der Waals surface area (Å²) in [7, 11) is 1.60. The van der Waals surface area contributed by atoms with Crippen molar-refractivity contribution >= 4 is 29.1 Å². The number of nitrogens with zero attached hydrogens (tertiary/aromatic N) is 4. The van der Waals surface area contributed by atoms with E-state index in [2.05, 4.69) is 25.7 Å². The van der Waals surface area contributed by atoms with E-state index < -0.39 is 12.2 Å². The van der Waals surface area contributed by atoms with E-state index in [4.69, 9.17) is 25.8 Å². The van der Waals surface area contributed by atoms with Crippen LogP contribution in [0.1, 0.15) is 18.2 Å². The van der Waals surface area contributed by atoms with Crippen LogP contribution in [-0.4, -0.2) is 65.5 Å². The molecule has 28 heavy (non-hydrogen) atoms. The van der Waals surface area contributed by atoms with E-state index in [1.165, 1.54) is 6.20 Å². The van der Waals surface area contributed by atoms with Crippen LogP contribution in [0.5, 0.6) is 5.88 Å². The van der Waals surface area contributed by atoms with Crippen LogP contribution in [0.3, 0.4) is 0 Å². The SMILES string of the molecule is COC1CNc2nc(ncc2Cl)Nc2c(nn(C3CCOCC3F)c2C)OC1. The molecule has 3 atom stereocenters. The normalized spacial score (nSPS) is 24.9. The van der Waals surface area contributed by atoms with Crippen molar-refractivity contribution in [2.24, 2.45) is 0 Å². The number of rotatable bonds is 2. The predicted molar refractivity (Wildman–Crippen MR) is 101 cm³/mol. The Morgan fingerprint density at radius 2 is 2.25 bits per heavy atom. The molecule has 11 heteroatoms. The molecular weight excluding hydrogens is 391 g/mol. The van der Waals surface area contributed by atoms with Gasteiger partial charge in [0.2, 0.25) is 5.95 Å². The van der Waals surface area contributed by atoms with Crippen molar-refractivity contribution < 1.29 is 18.6 Å². The second-order valence-corrected chi connectivity index (χ2v) is 7.13. The molecule has 1 fully saturated rings. The second-order valence-electron chi connectivity index (χ2n) is 6.72. The molecule has 1 saturated heterocycles. The highest BCUT2D eigenvalue weighted by Crippen LogP contribution is 2.35. The van der Waals surface area contributed by atoms with Crippen LogP contribution in [0, 0.1) is 6.92 Å². The molecule has 2 N–H and O–H groups in total. The average Bonchev–Trinajstić information content (AvgIpc) is 2.98. The van der Waals surface area contributed by atoms with Crippen LogP contribution in [0.25, 0.3) is 0 Å².